The lowest BCUT2D eigenvalue weighted by Gasteiger charge is -2.22. The Labute approximate surface area is 244 Å². The smallest absolute Gasteiger partial charge is 0.335 e. The van der Waals surface area contributed by atoms with Gasteiger partial charge in [-0.25, -0.2) is 4.79 Å². The minimum absolute atomic E-state index is 0.139. The summed E-state index contributed by atoms with van der Waals surface area (Å²) in [6.45, 7) is 3.41. The van der Waals surface area contributed by atoms with Gasteiger partial charge in [-0.05, 0) is 95.6 Å². The fraction of sp³-hybridized carbons (Fsp3) is 0.357. The number of carbonyl (C=O) groups excluding carboxylic acids is 3. The van der Waals surface area contributed by atoms with Crippen molar-refractivity contribution < 1.29 is 33.8 Å². The number of aromatic carboxylic acids is 1. The fourth-order valence-electron chi connectivity index (χ4n) is 4.37. The lowest BCUT2D eigenvalue weighted by atomic mass is 10.1. The molecule has 1 N–H and O–H groups in total. The Morgan fingerprint density at radius 3 is 2.51 bits per heavy atom. The summed E-state index contributed by atoms with van der Waals surface area (Å²) in [4.78, 5) is 52.7. The van der Waals surface area contributed by atoms with E-state index in [-0.39, 0.29) is 29.5 Å². The number of nitrogens with zero attached hydrogens (tertiary/aromatic N) is 2. The maximum absolute atomic E-state index is 13.0. The number of rotatable bonds is 9. The van der Waals surface area contributed by atoms with Crippen LogP contribution >= 0.6 is 34.4 Å². The van der Waals surface area contributed by atoms with Gasteiger partial charge in [-0.3, -0.25) is 19.3 Å². The van der Waals surface area contributed by atoms with Gasteiger partial charge in [-0.2, -0.15) is 0 Å². The molecular weight excluding hydrogens is 635 g/mol. The number of benzene rings is 2. The summed E-state index contributed by atoms with van der Waals surface area (Å²) >= 11 is 2.92. The van der Waals surface area contributed by atoms with Crippen molar-refractivity contribution in [2.24, 2.45) is 0 Å². The SMILES string of the molecule is CCOc1cc(C=C2SC(=O)N(CC(=O)N3CCCCCC3)C2=O)cc(I)c1OCc1cccc(C(=O)O)c1. The monoisotopic (exact) mass is 664 g/mol. The van der Waals surface area contributed by atoms with E-state index in [0.29, 0.717) is 42.3 Å². The Balaban J connectivity index is 1.50. The maximum Gasteiger partial charge on any atom is 0.335 e. The molecule has 9 nitrogen and oxygen atoms in total. The van der Waals surface area contributed by atoms with Crippen LogP contribution in [0.5, 0.6) is 11.5 Å². The number of likely N-dealkylation sites (tertiary alicyclic amines) is 1. The summed E-state index contributed by atoms with van der Waals surface area (Å²) in [5, 5.41) is 8.77. The third-order valence-corrected chi connectivity index (χ3v) is 8.02. The highest BCUT2D eigenvalue weighted by Crippen LogP contribution is 2.38. The van der Waals surface area contributed by atoms with Gasteiger partial charge >= 0.3 is 5.97 Å². The van der Waals surface area contributed by atoms with E-state index in [1.807, 2.05) is 13.0 Å². The predicted molar refractivity (Wildman–Crippen MR) is 156 cm³/mol. The topological polar surface area (TPSA) is 113 Å². The van der Waals surface area contributed by atoms with Crippen molar-refractivity contribution in [2.45, 2.75) is 39.2 Å². The summed E-state index contributed by atoms with van der Waals surface area (Å²) in [6, 6.07) is 10.0. The molecular formula is C28H29IN2O7S. The Kier molecular flexibility index (Phi) is 9.89. The van der Waals surface area contributed by atoms with Crippen LogP contribution in [0, 0.1) is 3.57 Å². The second-order valence-electron chi connectivity index (χ2n) is 9.12. The second kappa shape index (κ2) is 13.3. The molecule has 0 aromatic heterocycles. The predicted octanol–water partition coefficient (Wildman–Crippen LogP) is 5.41. The lowest BCUT2D eigenvalue weighted by Crippen LogP contribution is -2.42. The van der Waals surface area contributed by atoms with Crippen molar-refractivity contribution >= 4 is 63.5 Å². The van der Waals surface area contributed by atoms with E-state index in [9.17, 15) is 24.3 Å². The van der Waals surface area contributed by atoms with Crippen LogP contribution in [0.25, 0.3) is 6.08 Å². The van der Waals surface area contributed by atoms with Gasteiger partial charge in [0.15, 0.2) is 11.5 Å². The number of imide groups is 1. The average molecular weight is 665 g/mol. The van der Waals surface area contributed by atoms with Gasteiger partial charge in [0.1, 0.15) is 13.2 Å². The molecule has 3 amide bonds. The van der Waals surface area contributed by atoms with Gasteiger partial charge in [0.2, 0.25) is 5.91 Å². The first-order valence-corrected chi connectivity index (χ1v) is 14.6. The van der Waals surface area contributed by atoms with E-state index in [1.165, 1.54) is 6.07 Å². The van der Waals surface area contributed by atoms with Gasteiger partial charge < -0.3 is 19.5 Å². The van der Waals surface area contributed by atoms with Gasteiger partial charge in [-0.15, -0.1) is 0 Å². The van der Waals surface area contributed by atoms with E-state index in [2.05, 4.69) is 22.6 Å². The minimum Gasteiger partial charge on any atom is -0.490 e. The molecule has 2 aromatic rings. The first kappa shape index (κ1) is 28.9. The molecule has 2 aliphatic heterocycles. The summed E-state index contributed by atoms with van der Waals surface area (Å²) in [7, 11) is 0. The molecule has 0 unspecified atom stereocenters. The normalized spacial score (nSPS) is 16.9. The van der Waals surface area contributed by atoms with Crippen LogP contribution in [0.3, 0.4) is 0 Å². The van der Waals surface area contributed by atoms with Crippen LogP contribution < -0.4 is 9.47 Å². The summed E-state index contributed by atoms with van der Waals surface area (Å²) in [6.07, 6.45) is 5.65. The highest BCUT2D eigenvalue weighted by Gasteiger charge is 2.37. The molecule has 2 fully saturated rings. The minimum atomic E-state index is -1.01. The molecule has 4 rings (SSSR count). The summed E-state index contributed by atoms with van der Waals surface area (Å²) in [5.74, 6) is -0.752. The Morgan fingerprint density at radius 2 is 1.82 bits per heavy atom. The molecule has 2 aromatic carbocycles. The number of carbonyl (C=O) groups is 4. The first-order valence-electron chi connectivity index (χ1n) is 12.7. The van der Waals surface area contributed by atoms with Crippen molar-refractivity contribution in [3.05, 3.63) is 61.6 Å². The van der Waals surface area contributed by atoms with E-state index >= 15 is 0 Å². The summed E-state index contributed by atoms with van der Waals surface area (Å²) in [5.41, 5.74) is 1.52. The van der Waals surface area contributed by atoms with E-state index < -0.39 is 17.1 Å². The van der Waals surface area contributed by atoms with Crippen molar-refractivity contribution in [3.8, 4) is 11.5 Å². The van der Waals surface area contributed by atoms with Crippen LogP contribution in [0.4, 0.5) is 4.79 Å². The zero-order valence-electron chi connectivity index (χ0n) is 21.5. The van der Waals surface area contributed by atoms with Crippen LogP contribution in [0.1, 0.15) is 54.1 Å². The van der Waals surface area contributed by atoms with Crippen LogP contribution in [0.15, 0.2) is 41.3 Å². The number of carboxylic acids is 1. The lowest BCUT2D eigenvalue weighted by molar-refractivity contribution is -0.135. The molecule has 11 heteroatoms. The van der Waals surface area contributed by atoms with Crippen LogP contribution in [0.2, 0.25) is 0 Å². The molecule has 2 aliphatic rings. The maximum atomic E-state index is 13.0. The van der Waals surface area contributed by atoms with E-state index in [0.717, 1.165) is 45.9 Å². The molecule has 0 spiro atoms. The third kappa shape index (κ3) is 7.33. The molecule has 0 radical (unpaired) electrons. The largest absolute Gasteiger partial charge is 0.490 e. The molecule has 0 atom stereocenters. The van der Waals surface area contributed by atoms with E-state index in [1.54, 1.807) is 35.2 Å². The van der Waals surface area contributed by atoms with Gasteiger partial charge in [-0.1, -0.05) is 25.0 Å². The standard InChI is InChI=1S/C28H29IN2O7S/c1-2-37-22-14-19(13-21(29)25(22)38-17-18-8-7-9-20(12-18)27(34)35)15-23-26(33)31(28(36)39-23)16-24(32)30-10-5-3-4-6-11-30/h7-9,12-15H,2-6,10-11,16-17H2,1H3,(H,34,35). The number of thioether (sulfide) groups is 1. The van der Waals surface area contributed by atoms with Crippen molar-refractivity contribution in [3.63, 3.8) is 0 Å². The first-order chi connectivity index (χ1) is 18.8. The van der Waals surface area contributed by atoms with Gasteiger partial charge in [0.05, 0.1) is 20.6 Å². The average Bonchev–Trinajstić information content (AvgIpc) is 3.09. The molecule has 0 aliphatic carbocycles. The fourth-order valence-corrected chi connectivity index (χ4v) is 5.99. The number of hydrogen-bond donors (Lipinski definition) is 1. The van der Waals surface area contributed by atoms with Crippen molar-refractivity contribution in [1.82, 2.24) is 9.80 Å². The molecule has 206 valence electrons. The molecule has 39 heavy (non-hydrogen) atoms. The van der Waals surface area contributed by atoms with E-state index in [4.69, 9.17) is 9.47 Å². The zero-order chi connectivity index (χ0) is 27.9. The van der Waals surface area contributed by atoms with Crippen LogP contribution in [-0.2, 0) is 16.2 Å². The molecule has 2 heterocycles. The molecule has 0 bridgehead atoms. The summed E-state index contributed by atoms with van der Waals surface area (Å²) < 4.78 is 12.5. The Hall–Kier alpha value is -3.06. The molecule has 2 saturated heterocycles. The van der Waals surface area contributed by atoms with Crippen molar-refractivity contribution in [2.75, 3.05) is 26.2 Å². The number of carboxylic acid groups (broad SMARTS) is 1. The van der Waals surface area contributed by atoms with Crippen LogP contribution in [-0.4, -0.2) is 64.2 Å². The third-order valence-electron chi connectivity index (χ3n) is 6.31. The number of ether oxygens (including phenoxy) is 2. The highest BCUT2D eigenvalue weighted by atomic mass is 127. The van der Waals surface area contributed by atoms with Gasteiger partial charge in [0.25, 0.3) is 11.1 Å². The highest BCUT2D eigenvalue weighted by molar-refractivity contribution is 14.1. The number of halogens is 1. The number of amides is 3. The molecule has 0 saturated carbocycles. The number of hydrogen-bond acceptors (Lipinski definition) is 7. The Morgan fingerprint density at radius 1 is 1.08 bits per heavy atom. The Bertz CT molecular complexity index is 1300. The second-order valence-corrected chi connectivity index (χ2v) is 11.3. The zero-order valence-corrected chi connectivity index (χ0v) is 24.5. The van der Waals surface area contributed by atoms with Crippen molar-refractivity contribution in [1.29, 1.82) is 0 Å². The quantitative estimate of drug-likeness (QED) is 0.280. The van der Waals surface area contributed by atoms with Gasteiger partial charge in [0, 0.05) is 13.1 Å².